The van der Waals surface area contributed by atoms with Gasteiger partial charge >= 0.3 is 6.18 Å². The predicted molar refractivity (Wildman–Crippen MR) is 58.9 cm³/mol. The molecule has 5 nitrogen and oxygen atoms in total. The Balaban J connectivity index is 2.19. The molecule has 0 atom stereocenters. The Morgan fingerprint density at radius 1 is 1.44 bits per heavy atom. The Hall–Kier alpha value is -1.15. The maximum atomic E-state index is 11.8. The van der Waals surface area contributed by atoms with Crippen LogP contribution in [0.25, 0.3) is 0 Å². The van der Waals surface area contributed by atoms with Crippen LogP contribution >= 0.6 is 0 Å². The third-order valence-electron chi connectivity index (χ3n) is 2.05. The van der Waals surface area contributed by atoms with Gasteiger partial charge in [0.15, 0.2) is 0 Å². The summed E-state index contributed by atoms with van der Waals surface area (Å²) >= 11 is 0. The van der Waals surface area contributed by atoms with Crippen LogP contribution in [0.1, 0.15) is 19.0 Å². The van der Waals surface area contributed by atoms with Gasteiger partial charge in [0.2, 0.25) is 0 Å². The molecule has 1 N–H and O–H groups in total. The van der Waals surface area contributed by atoms with Gasteiger partial charge in [-0.1, -0.05) is 12.1 Å². The number of nitrogens with zero attached hydrogens (tertiary/aromatic N) is 3. The van der Waals surface area contributed by atoms with Crippen LogP contribution in [0.2, 0.25) is 0 Å². The fourth-order valence-corrected chi connectivity index (χ4v) is 1.27. The smallest absolute Gasteiger partial charge is 0.370 e. The summed E-state index contributed by atoms with van der Waals surface area (Å²) in [5, 5.41) is 10.8. The maximum absolute atomic E-state index is 11.8. The van der Waals surface area contributed by atoms with Crippen molar-refractivity contribution in [2.24, 2.45) is 0 Å². The molecule has 0 amide bonds. The molecule has 8 heteroatoms. The van der Waals surface area contributed by atoms with Crippen LogP contribution in [0.5, 0.6) is 0 Å². The van der Waals surface area contributed by atoms with Gasteiger partial charge in [-0.2, -0.15) is 13.2 Å². The number of alkyl halides is 3. The summed E-state index contributed by atoms with van der Waals surface area (Å²) in [6.07, 6.45) is -1.56. The van der Waals surface area contributed by atoms with Gasteiger partial charge in [-0.3, -0.25) is 0 Å². The molecule has 0 aromatic carbocycles. The van der Waals surface area contributed by atoms with E-state index in [9.17, 15) is 13.2 Å². The second kappa shape index (κ2) is 7.32. The SMILES string of the molecule is CCCNCc1cn(CCOCC(F)(F)F)nn1. The second-order valence-electron chi connectivity index (χ2n) is 3.82. The number of rotatable bonds is 8. The molecular formula is C10H17F3N4O. The third-order valence-corrected chi connectivity index (χ3v) is 2.05. The lowest BCUT2D eigenvalue weighted by Gasteiger charge is -2.06. The lowest BCUT2D eigenvalue weighted by Crippen LogP contribution is -2.19. The van der Waals surface area contributed by atoms with Crippen molar-refractivity contribution in [1.82, 2.24) is 20.3 Å². The van der Waals surface area contributed by atoms with E-state index in [0.717, 1.165) is 18.7 Å². The largest absolute Gasteiger partial charge is 0.411 e. The van der Waals surface area contributed by atoms with Crippen molar-refractivity contribution in [2.75, 3.05) is 19.8 Å². The molecule has 1 rings (SSSR count). The van der Waals surface area contributed by atoms with Gasteiger partial charge in [-0.25, -0.2) is 4.68 Å². The summed E-state index contributed by atoms with van der Waals surface area (Å²) < 4.78 is 41.3. The molecule has 0 radical (unpaired) electrons. The van der Waals surface area contributed by atoms with Crippen LogP contribution < -0.4 is 5.32 Å². The molecule has 0 saturated carbocycles. The first-order valence-electron chi connectivity index (χ1n) is 5.75. The van der Waals surface area contributed by atoms with E-state index >= 15 is 0 Å². The van der Waals surface area contributed by atoms with Crippen LogP contribution in [-0.4, -0.2) is 40.9 Å². The maximum Gasteiger partial charge on any atom is 0.411 e. The molecular weight excluding hydrogens is 249 g/mol. The first-order valence-corrected chi connectivity index (χ1v) is 5.75. The molecule has 0 spiro atoms. The van der Waals surface area contributed by atoms with Gasteiger partial charge in [0.05, 0.1) is 18.8 Å². The molecule has 1 aromatic heterocycles. The Bertz CT molecular complexity index is 340. The molecule has 18 heavy (non-hydrogen) atoms. The van der Waals surface area contributed by atoms with E-state index in [-0.39, 0.29) is 13.2 Å². The van der Waals surface area contributed by atoms with Crippen LogP contribution in [0.15, 0.2) is 6.20 Å². The van der Waals surface area contributed by atoms with Crippen LogP contribution in [-0.2, 0) is 17.8 Å². The van der Waals surface area contributed by atoms with E-state index in [2.05, 4.69) is 27.3 Å². The Morgan fingerprint density at radius 3 is 2.89 bits per heavy atom. The van der Waals surface area contributed by atoms with Crippen molar-refractivity contribution in [3.63, 3.8) is 0 Å². The summed E-state index contributed by atoms with van der Waals surface area (Å²) in [5.74, 6) is 0. The lowest BCUT2D eigenvalue weighted by molar-refractivity contribution is -0.174. The zero-order valence-electron chi connectivity index (χ0n) is 10.2. The molecule has 0 bridgehead atoms. The molecule has 1 aromatic rings. The fraction of sp³-hybridized carbons (Fsp3) is 0.800. The molecule has 0 saturated heterocycles. The fourth-order valence-electron chi connectivity index (χ4n) is 1.27. The van der Waals surface area contributed by atoms with E-state index < -0.39 is 12.8 Å². The zero-order valence-corrected chi connectivity index (χ0v) is 10.2. The van der Waals surface area contributed by atoms with E-state index in [1.807, 2.05) is 0 Å². The highest BCUT2D eigenvalue weighted by Crippen LogP contribution is 2.14. The van der Waals surface area contributed by atoms with E-state index in [4.69, 9.17) is 0 Å². The minimum atomic E-state index is -4.28. The molecule has 0 unspecified atom stereocenters. The van der Waals surface area contributed by atoms with Crippen molar-refractivity contribution >= 4 is 0 Å². The summed E-state index contributed by atoms with van der Waals surface area (Å²) in [6.45, 7) is 2.55. The number of nitrogens with one attached hydrogen (secondary N) is 1. The number of hydrogen-bond acceptors (Lipinski definition) is 4. The summed E-state index contributed by atoms with van der Waals surface area (Å²) in [4.78, 5) is 0. The van der Waals surface area contributed by atoms with Gasteiger partial charge in [0, 0.05) is 12.7 Å². The van der Waals surface area contributed by atoms with Crippen molar-refractivity contribution in [3.8, 4) is 0 Å². The van der Waals surface area contributed by atoms with Crippen molar-refractivity contribution in [1.29, 1.82) is 0 Å². The van der Waals surface area contributed by atoms with Crippen LogP contribution in [0, 0.1) is 0 Å². The van der Waals surface area contributed by atoms with Crippen molar-refractivity contribution in [2.45, 2.75) is 32.6 Å². The standard InChI is InChI=1S/C10H17F3N4O/c1-2-3-14-6-9-7-17(16-15-9)4-5-18-8-10(11,12)13/h7,14H,2-6,8H2,1H3. The minimum absolute atomic E-state index is 0.0370. The first-order chi connectivity index (χ1) is 8.51. The summed E-state index contributed by atoms with van der Waals surface area (Å²) in [5.41, 5.74) is 0.763. The Labute approximate surface area is 103 Å². The topological polar surface area (TPSA) is 52.0 Å². The number of ether oxygens (including phenoxy) is 1. The molecule has 0 fully saturated rings. The monoisotopic (exact) mass is 266 g/mol. The van der Waals surface area contributed by atoms with Gasteiger partial charge < -0.3 is 10.1 Å². The number of hydrogen-bond donors (Lipinski definition) is 1. The molecule has 0 aliphatic rings. The normalized spacial score (nSPS) is 12.0. The van der Waals surface area contributed by atoms with E-state index in [0.29, 0.717) is 6.54 Å². The highest BCUT2D eigenvalue weighted by molar-refractivity contribution is 4.91. The number of aromatic nitrogens is 3. The summed E-state index contributed by atoms with van der Waals surface area (Å²) in [7, 11) is 0. The van der Waals surface area contributed by atoms with Gasteiger partial charge in [0.1, 0.15) is 6.61 Å². The Morgan fingerprint density at radius 2 is 2.22 bits per heavy atom. The quantitative estimate of drug-likeness (QED) is 0.722. The van der Waals surface area contributed by atoms with E-state index in [1.54, 1.807) is 6.20 Å². The highest BCUT2D eigenvalue weighted by atomic mass is 19.4. The predicted octanol–water partition coefficient (Wildman–Crippen LogP) is 1.36. The third kappa shape index (κ3) is 6.55. The average Bonchev–Trinajstić information content (AvgIpc) is 2.72. The van der Waals surface area contributed by atoms with Crippen molar-refractivity contribution < 1.29 is 17.9 Å². The van der Waals surface area contributed by atoms with Gasteiger partial charge in [0.25, 0.3) is 0 Å². The van der Waals surface area contributed by atoms with Crippen LogP contribution in [0.4, 0.5) is 13.2 Å². The van der Waals surface area contributed by atoms with Crippen LogP contribution in [0.3, 0.4) is 0 Å². The van der Waals surface area contributed by atoms with E-state index in [1.165, 1.54) is 4.68 Å². The van der Waals surface area contributed by atoms with Crippen molar-refractivity contribution in [3.05, 3.63) is 11.9 Å². The Kier molecular flexibility index (Phi) is 6.06. The summed E-state index contributed by atoms with van der Waals surface area (Å²) in [6, 6.07) is 0. The number of halogens is 3. The highest BCUT2D eigenvalue weighted by Gasteiger charge is 2.27. The molecule has 1 heterocycles. The first kappa shape index (κ1) is 14.9. The second-order valence-corrected chi connectivity index (χ2v) is 3.82. The molecule has 0 aliphatic heterocycles. The molecule has 0 aliphatic carbocycles. The zero-order chi connectivity index (χ0) is 13.4. The minimum Gasteiger partial charge on any atom is -0.370 e. The van der Waals surface area contributed by atoms with Gasteiger partial charge in [-0.05, 0) is 13.0 Å². The average molecular weight is 266 g/mol. The van der Waals surface area contributed by atoms with Gasteiger partial charge in [-0.15, -0.1) is 5.10 Å². The molecule has 104 valence electrons. The lowest BCUT2D eigenvalue weighted by atomic mass is 10.4.